The van der Waals surface area contributed by atoms with Crippen molar-refractivity contribution in [3.8, 4) is 34.0 Å². The van der Waals surface area contributed by atoms with E-state index in [0.717, 1.165) is 23.5 Å². The number of methoxy groups -OCH3 is 2. The molecule has 2 heterocycles. The standard InChI is InChI=1S/C27H19F2N3O3S/c1-34-16-8-10-19(25(12-16)35-2)23-13-20(17-5-3-4-6-22(17)30-23)26(33)32-27-31-24(14-36-27)18-9-7-15(28)11-21(18)29/h3-14H,1-2H3,(H,31,32,33). The quantitative estimate of drug-likeness (QED) is 0.284. The van der Waals surface area contributed by atoms with Crippen LogP contribution in [-0.2, 0) is 0 Å². The Morgan fingerprint density at radius 2 is 1.69 bits per heavy atom. The molecule has 36 heavy (non-hydrogen) atoms. The summed E-state index contributed by atoms with van der Waals surface area (Å²) in [7, 11) is 3.12. The van der Waals surface area contributed by atoms with E-state index in [-0.39, 0.29) is 10.7 Å². The molecule has 0 aliphatic heterocycles. The van der Waals surface area contributed by atoms with Crippen LogP contribution in [0.5, 0.6) is 11.5 Å². The molecule has 0 aliphatic rings. The first-order chi connectivity index (χ1) is 17.5. The number of carbonyl (C=O) groups is 1. The highest BCUT2D eigenvalue weighted by atomic mass is 32.1. The van der Waals surface area contributed by atoms with E-state index < -0.39 is 17.5 Å². The van der Waals surface area contributed by atoms with Gasteiger partial charge in [0.15, 0.2) is 5.13 Å². The number of hydrogen-bond acceptors (Lipinski definition) is 6. The van der Waals surface area contributed by atoms with Crippen molar-refractivity contribution in [3.63, 3.8) is 0 Å². The lowest BCUT2D eigenvalue weighted by molar-refractivity contribution is 0.102. The number of halogens is 2. The number of aromatic nitrogens is 2. The van der Waals surface area contributed by atoms with E-state index in [9.17, 15) is 13.6 Å². The molecule has 9 heteroatoms. The van der Waals surface area contributed by atoms with Gasteiger partial charge in [-0.05, 0) is 36.4 Å². The number of carbonyl (C=O) groups excluding carboxylic acids is 1. The second-order valence-corrected chi connectivity index (χ2v) is 8.61. The number of fused-ring (bicyclic) bond motifs is 1. The molecule has 0 aliphatic carbocycles. The van der Waals surface area contributed by atoms with Crippen LogP contribution in [0.25, 0.3) is 33.4 Å². The molecular weight excluding hydrogens is 484 g/mol. The van der Waals surface area contributed by atoms with Crippen LogP contribution in [0.4, 0.5) is 13.9 Å². The summed E-state index contributed by atoms with van der Waals surface area (Å²) in [6.45, 7) is 0. The van der Waals surface area contributed by atoms with Crippen molar-refractivity contribution in [1.29, 1.82) is 0 Å². The van der Waals surface area contributed by atoms with E-state index in [4.69, 9.17) is 14.5 Å². The van der Waals surface area contributed by atoms with E-state index in [0.29, 0.717) is 44.9 Å². The fourth-order valence-corrected chi connectivity index (χ4v) is 4.53. The lowest BCUT2D eigenvalue weighted by Gasteiger charge is -2.13. The van der Waals surface area contributed by atoms with Gasteiger partial charge in [-0.25, -0.2) is 18.7 Å². The summed E-state index contributed by atoms with van der Waals surface area (Å²) in [5.41, 5.74) is 2.71. The molecule has 0 radical (unpaired) electrons. The van der Waals surface area contributed by atoms with Crippen molar-refractivity contribution in [3.05, 3.63) is 89.3 Å². The maximum absolute atomic E-state index is 14.2. The summed E-state index contributed by atoms with van der Waals surface area (Å²) < 4.78 is 38.2. The minimum absolute atomic E-state index is 0.149. The molecule has 2 aromatic heterocycles. The molecular formula is C27H19F2N3O3S. The van der Waals surface area contributed by atoms with Gasteiger partial charge in [-0.1, -0.05) is 18.2 Å². The average Bonchev–Trinajstić information content (AvgIpc) is 3.35. The summed E-state index contributed by atoms with van der Waals surface area (Å²) in [6, 6.07) is 17.6. The Hall–Kier alpha value is -4.37. The van der Waals surface area contributed by atoms with Crippen molar-refractivity contribution in [2.45, 2.75) is 0 Å². The van der Waals surface area contributed by atoms with Gasteiger partial charge in [-0.15, -0.1) is 11.3 Å². The van der Waals surface area contributed by atoms with Crippen LogP contribution in [0, 0.1) is 11.6 Å². The number of anilines is 1. The zero-order valence-corrected chi connectivity index (χ0v) is 20.0. The minimum atomic E-state index is -0.726. The summed E-state index contributed by atoms with van der Waals surface area (Å²) in [4.78, 5) is 22.4. The van der Waals surface area contributed by atoms with Crippen LogP contribution in [0.15, 0.2) is 72.1 Å². The van der Waals surface area contributed by atoms with E-state index in [1.807, 2.05) is 30.3 Å². The highest BCUT2D eigenvalue weighted by Crippen LogP contribution is 2.35. The second kappa shape index (κ2) is 9.71. The molecule has 5 aromatic rings. The molecule has 3 aromatic carbocycles. The Labute approximate surface area is 209 Å². The molecule has 0 fully saturated rings. The van der Waals surface area contributed by atoms with Crippen LogP contribution in [0.3, 0.4) is 0 Å². The maximum Gasteiger partial charge on any atom is 0.258 e. The lowest BCUT2D eigenvalue weighted by atomic mass is 10.0. The number of hydrogen-bond donors (Lipinski definition) is 1. The Morgan fingerprint density at radius 3 is 2.47 bits per heavy atom. The summed E-state index contributed by atoms with van der Waals surface area (Å²) in [5, 5.41) is 5.33. The smallest absolute Gasteiger partial charge is 0.258 e. The molecule has 0 spiro atoms. The van der Waals surface area contributed by atoms with E-state index >= 15 is 0 Å². The predicted octanol–water partition coefficient (Wildman–Crippen LogP) is 6.57. The number of nitrogens with zero attached hydrogens (tertiary/aromatic N) is 2. The molecule has 0 saturated carbocycles. The Morgan fingerprint density at radius 1 is 0.889 bits per heavy atom. The van der Waals surface area contributed by atoms with Crippen LogP contribution < -0.4 is 14.8 Å². The third-order valence-corrected chi connectivity index (χ3v) is 6.33. The number of rotatable bonds is 6. The maximum atomic E-state index is 14.2. The topological polar surface area (TPSA) is 73.3 Å². The second-order valence-electron chi connectivity index (χ2n) is 7.75. The number of para-hydroxylation sites is 1. The van der Waals surface area contributed by atoms with Crippen molar-refractivity contribution >= 4 is 33.3 Å². The van der Waals surface area contributed by atoms with Gasteiger partial charge >= 0.3 is 0 Å². The van der Waals surface area contributed by atoms with Crippen LogP contribution in [0.1, 0.15) is 10.4 Å². The van der Waals surface area contributed by atoms with Gasteiger partial charge < -0.3 is 9.47 Å². The van der Waals surface area contributed by atoms with Gasteiger partial charge in [-0.2, -0.15) is 0 Å². The minimum Gasteiger partial charge on any atom is -0.497 e. The first kappa shape index (κ1) is 23.4. The molecule has 180 valence electrons. The molecule has 5 rings (SSSR count). The highest BCUT2D eigenvalue weighted by Gasteiger charge is 2.18. The molecule has 0 atom stereocenters. The summed E-state index contributed by atoms with van der Waals surface area (Å²) >= 11 is 1.14. The van der Waals surface area contributed by atoms with Gasteiger partial charge in [0, 0.05) is 34.0 Å². The first-order valence-corrected chi connectivity index (χ1v) is 11.7. The number of amides is 1. The van der Waals surface area contributed by atoms with Gasteiger partial charge in [-0.3, -0.25) is 10.1 Å². The zero-order chi connectivity index (χ0) is 25.2. The highest BCUT2D eigenvalue weighted by molar-refractivity contribution is 7.14. The zero-order valence-electron chi connectivity index (χ0n) is 19.2. The summed E-state index contributed by atoms with van der Waals surface area (Å²) in [5.74, 6) is -0.617. The number of benzene rings is 3. The third-order valence-electron chi connectivity index (χ3n) is 5.58. The van der Waals surface area contributed by atoms with Crippen molar-refractivity contribution in [1.82, 2.24) is 9.97 Å². The van der Waals surface area contributed by atoms with Gasteiger partial charge in [0.2, 0.25) is 0 Å². The van der Waals surface area contributed by atoms with Crippen molar-refractivity contribution in [2.24, 2.45) is 0 Å². The van der Waals surface area contributed by atoms with Crippen molar-refractivity contribution in [2.75, 3.05) is 19.5 Å². The van der Waals surface area contributed by atoms with Gasteiger partial charge in [0.25, 0.3) is 5.91 Å². The number of pyridine rings is 1. The first-order valence-electron chi connectivity index (χ1n) is 10.8. The average molecular weight is 504 g/mol. The van der Waals surface area contributed by atoms with Crippen LogP contribution >= 0.6 is 11.3 Å². The number of ether oxygens (including phenoxy) is 2. The van der Waals surface area contributed by atoms with Crippen LogP contribution in [-0.4, -0.2) is 30.1 Å². The Kier molecular flexibility index (Phi) is 6.30. The van der Waals surface area contributed by atoms with E-state index in [2.05, 4.69) is 10.3 Å². The largest absolute Gasteiger partial charge is 0.497 e. The fourth-order valence-electron chi connectivity index (χ4n) is 3.83. The lowest BCUT2D eigenvalue weighted by Crippen LogP contribution is -2.13. The van der Waals surface area contributed by atoms with Gasteiger partial charge in [0.1, 0.15) is 23.1 Å². The molecule has 1 N–H and O–H groups in total. The monoisotopic (exact) mass is 503 g/mol. The molecule has 1 amide bonds. The van der Waals surface area contributed by atoms with Gasteiger partial charge in [0.05, 0.1) is 36.7 Å². The Bertz CT molecular complexity index is 1600. The third kappa shape index (κ3) is 4.48. The van der Waals surface area contributed by atoms with Crippen molar-refractivity contribution < 1.29 is 23.0 Å². The number of thiazole rings is 1. The normalized spacial score (nSPS) is 10.9. The molecule has 6 nitrogen and oxygen atoms in total. The predicted molar refractivity (Wildman–Crippen MR) is 136 cm³/mol. The molecule has 0 unspecified atom stereocenters. The van der Waals surface area contributed by atoms with Crippen LogP contribution in [0.2, 0.25) is 0 Å². The Balaban J connectivity index is 1.52. The van der Waals surface area contributed by atoms with E-state index in [1.165, 1.54) is 6.07 Å². The van der Waals surface area contributed by atoms with E-state index in [1.54, 1.807) is 37.8 Å². The molecule has 0 bridgehead atoms. The fraction of sp³-hybridized carbons (Fsp3) is 0.0741. The summed E-state index contributed by atoms with van der Waals surface area (Å²) in [6.07, 6.45) is 0. The molecule has 0 saturated heterocycles. The SMILES string of the molecule is COc1ccc(-c2cc(C(=O)Nc3nc(-c4ccc(F)cc4F)cs3)c3ccccc3n2)c(OC)c1. The number of nitrogens with one attached hydrogen (secondary N) is 1.